The normalized spacial score (nSPS) is 20.5. The highest BCUT2D eigenvalue weighted by Crippen LogP contribution is 2.27. The molecule has 0 radical (unpaired) electrons. The zero-order valence-electron chi connectivity index (χ0n) is 8.07. The maximum Gasteiger partial charge on any atom is 0.305 e. The molecule has 0 amide bonds. The number of halogens is 1. The third-order valence-corrected chi connectivity index (χ3v) is 2.63. The monoisotopic (exact) mass is 210 g/mol. The SMILES string of the molecule is O=[N+]([O-])c1cc([C@@H]2CCCN2)ccc1F. The highest BCUT2D eigenvalue weighted by Gasteiger charge is 2.21. The van der Waals surface area contributed by atoms with Crippen LogP contribution in [0.3, 0.4) is 0 Å². The maximum absolute atomic E-state index is 13.0. The summed E-state index contributed by atoms with van der Waals surface area (Å²) in [5.41, 5.74) is 0.349. The molecule has 1 aliphatic rings. The van der Waals surface area contributed by atoms with Gasteiger partial charge in [-0.05, 0) is 31.0 Å². The number of nitro benzene ring substituents is 1. The van der Waals surface area contributed by atoms with Crippen LogP contribution in [-0.2, 0) is 0 Å². The number of nitrogens with zero attached hydrogens (tertiary/aromatic N) is 1. The minimum absolute atomic E-state index is 0.129. The van der Waals surface area contributed by atoms with Crippen molar-refractivity contribution in [2.45, 2.75) is 18.9 Å². The van der Waals surface area contributed by atoms with Gasteiger partial charge in [0.1, 0.15) is 0 Å². The molecule has 0 spiro atoms. The standard InChI is InChI=1S/C10H11FN2O2/c11-8-4-3-7(6-10(8)13(14)15)9-2-1-5-12-9/h3-4,6,9,12H,1-2,5H2/t9-/m0/s1. The quantitative estimate of drug-likeness (QED) is 0.601. The smallest absolute Gasteiger partial charge is 0.305 e. The molecule has 1 atom stereocenters. The van der Waals surface area contributed by atoms with Crippen molar-refractivity contribution in [3.8, 4) is 0 Å². The summed E-state index contributed by atoms with van der Waals surface area (Å²) < 4.78 is 13.0. The van der Waals surface area contributed by atoms with Crippen molar-refractivity contribution in [1.29, 1.82) is 0 Å². The van der Waals surface area contributed by atoms with Crippen LogP contribution in [0.25, 0.3) is 0 Å². The minimum Gasteiger partial charge on any atom is -0.310 e. The maximum atomic E-state index is 13.0. The molecule has 1 fully saturated rings. The molecule has 4 nitrogen and oxygen atoms in total. The van der Waals surface area contributed by atoms with E-state index in [-0.39, 0.29) is 6.04 Å². The third kappa shape index (κ3) is 1.97. The van der Waals surface area contributed by atoms with E-state index in [0.717, 1.165) is 31.0 Å². The summed E-state index contributed by atoms with van der Waals surface area (Å²) in [4.78, 5) is 9.85. The van der Waals surface area contributed by atoms with E-state index < -0.39 is 16.4 Å². The predicted octanol–water partition coefficient (Wildman–Crippen LogP) is 2.16. The fraction of sp³-hybridized carbons (Fsp3) is 0.400. The van der Waals surface area contributed by atoms with Crippen LogP contribution in [0.15, 0.2) is 18.2 Å². The number of hydrogen-bond acceptors (Lipinski definition) is 3. The van der Waals surface area contributed by atoms with Crippen LogP contribution < -0.4 is 5.32 Å². The summed E-state index contributed by atoms with van der Waals surface area (Å²) in [6.45, 7) is 0.913. The Kier molecular flexibility index (Phi) is 2.64. The van der Waals surface area contributed by atoms with Crippen LogP contribution in [0.2, 0.25) is 0 Å². The topological polar surface area (TPSA) is 55.2 Å². The molecular weight excluding hydrogens is 199 g/mol. The van der Waals surface area contributed by atoms with Crippen LogP contribution in [0.5, 0.6) is 0 Å². The predicted molar refractivity (Wildman–Crippen MR) is 53.0 cm³/mol. The van der Waals surface area contributed by atoms with Crippen LogP contribution >= 0.6 is 0 Å². The van der Waals surface area contributed by atoms with Crippen molar-refractivity contribution >= 4 is 5.69 Å². The van der Waals surface area contributed by atoms with E-state index in [1.165, 1.54) is 6.07 Å². The van der Waals surface area contributed by atoms with Crippen molar-refractivity contribution in [2.24, 2.45) is 0 Å². The van der Waals surface area contributed by atoms with Gasteiger partial charge in [-0.1, -0.05) is 6.07 Å². The van der Waals surface area contributed by atoms with Crippen molar-refractivity contribution in [2.75, 3.05) is 6.54 Å². The van der Waals surface area contributed by atoms with E-state index in [1.54, 1.807) is 6.07 Å². The van der Waals surface area contributed by atoms with E-state index in [4.69, 9.17) is 0 Å². The highest BCUT2D eigenvalue weighted by atomic mass is 19.1. The van der Waals surface area contributed by atoms with Gasteiger partial charge in [0.05, 0.1) is 4.92 Å². The van der Waals surface area contributed by atoms with Crippen LogP contribution in [0, 0.1) is 15.9 Å². The van der Waals surface area contributed by atoms with E-state index in [2.05, 4.69) is 5.32 Å². The summed E-state index contributed by atoms with van der Waals surface area (Å²) >= 11 is 0. The summed E-state index contributed by atoms with van der Waals surface area (Å²) in [5.74, 6) is -0.776. The number of nitro groups is 1. The lowest BCUT2D eigenvalue weighted by Crippen LogP contribution is -2.13. The lowest BCUT2D eigenvalue weighted by molar-refractivity contribution is -0.387. The van der Waals surface area contributed by atoms with Gasteiger partial charge in [0.15, 0.2) is 0 Å². The Balaban J connectivity index is 2.33. The van der Waals surface area contributed by atoms with Gasteiger partial charge in [-0.25, -0.2) is 0 Å². The number of rotatable bonds is 2. The van der Waals surface area contributed by atoms with E-state index in [0.29, 0.717) is 0 Å². The van der Waals surface area contributed by atoms with Gasteiger partial charge in [-0.2, -0.15) is 4.39 Å². The Labute approximate surface area is 86.3 Å². The summed E-state index contributed by atoms with van der Waals surface area (Å²) in [7, 11) is 0. The molecule has 0 saturated carbocycles. The van der Waals surface area contributed by atoms with Crippen molar-refractivity contribution in [1.82, 2.24) is 5.32 Å². The van der Waals surface area contributed by atoms with E-state index >= 15 is 0 Å². The average molecular weight is 210 g/mol. The lowest BCUT2D eigenvalue weighted by Gasteiger charge is -2.09. The Morgan fingerprint density at radius 1 is 1.53 bits per heavy atom. The van der Waals surface area contributed by atoms with Crippen molar-refractivity contribution in [3.05, 3.63) is 39.7 Å². The van der Waals surface area contributed by atoms with Crippen LogP contribution in [-0.4, -0.2) is 11.5 Å². The molecule has 1 aromatic rings. The largest absolute Gasteiger partial charge is 0.310 e. The summed E-state index contributed by atoms with van der Waals surface area (Å²) in [5, 5.41) is 13.7. The summed E-state index contributed by atoms with van der Waals surface area (Å²) in [6, 6.07) is 4.21. The molecule has 0 unspecified atom stereocenters. The Morgan fingerprint density at radius 2 is 2.33 bits per heavy atom. The first kappa shape index (κ1) is 10.0. The summed E-state index contributed by atoms with van der Waals surface area (Å²) in [6.07, 6.45) is 2.00. The van der Waals surface area contributed by atoms with Gasteiger partial charge >= 0.3 is 5.69 Å². The van der Waals surface area contributed by atoms with Gasteiger partial charge in [-0.15, -0.1) is 0 Å². The van der Waals surface area contributed by atoms with Crippen molar-refractivity contribution in [3.63, 3.8) is 0 Å². The van der Waals surface area contributed by atoms with Gasteiger partial charge in [0, 0.05) is 12.1 Å². The molecule has 2 rings (SSSR count). The molecule has 5 heteroatoms. The Morgan fingerprint density at radius 3 is 2.93 bits per heavy atom. The molecule has 1 N–H and O–H groups in total. The number of hydrogen-bond donors (Lipinski definition) is 1. The Bertz CT molecular complexity index is 389. The molecule has 1 heterocycles. The van der Waals surface area contributed by atoms with Crippen LogP contribution in [0.1, 0.15) is 24.4 Å². The van der Waals surface area contributed by atoms with Crippen molar-refractivity contribution < 1.29 is 9.31 Å². The van der Waals surface area contributed by atoms with Gasteiger partial charge < -0.3 is 5.32 Å². The molecule has 0 aliphatic carbocycles. The second kappa shape index (κ2) is 3.94. The zero-order chi connectivity index (χ0) is 10.8. The minimum atomic E-state index is -0.776. The molecule has 0 aromatic heterocycles. The first-order valence-corrected chi connectivity index (χ1v) is 4.85. The second-order valence-corrected chi connectivity index (χ2v) is 3.62. The zero-order valence-corrected chi connectivity index (χ0v) is 8.07. The highest BCUT2D eigenvalue weighted by molar-refractivity contribution is 5.37. The van der Waals surface area contributed by atoms with Gasteiger partial charge in [0.25, 0.3) is 0 Å². The molecule has 1 aliphatic heterocycles. The van der Waals surface area contributed by atoms with E-state index in [9.17, 15) is 14.5 Å². The molecule has 0 bridgehead atoms. The average Bonchev–Trinajstić information content (AvgIpc) is 2.71. The fourth-order valence-electron chi connectivity index (χ4n) is 1.86. The lowest BCUT2D eigenvalue weighted by atomic mass is 10.0. The van der Waals surface area contributed by atoms with Gasteiger partial charge in [0.2, 0.25) is 5.82 Å². The Hall–Kier alpha value is -1.49. The van der Waals surface area contributed by atoms with Crippen LogP contribution in [0.4, 0.5) is 10.1 Å². The molecule has 1 aromatic carbocycles. The molecule has 15 heavy (non-hydrogen) atoms. The number of nitrogens with one attached hydrogen (secondary N) is 1. The first-order chi connectivity index (χ1) is 7.18. The molecule has 1 saturated heterocycles. The van der Waals surface area contributed by atoms with Gasteiger partial charge in [-0.3, -0.25) is 10.1 Å². The molecule has 80 valence electrons. The fourth-order valence-corrected chi connectivity index (χ4v) is 1.86. The first-order valence-electron chi connectivity index (χ1n) is 4.85. The second-order valence-electron chi connectivity index (χ2n) is 3.62. The van der Waals surface area contributed by atoms with E-state index in [1.807, 2.05) is 0 Å². The third-order valence-electron chi connectivity index (χ3n) is 2.63. The number of benzene rings is 1. The molecular formula is C10H11FN2O2.